The van der Waals surface area contributed by atoms with Crippen molar-refractivity contribution in [2.75, 3.05) is 20.0 Å². The second-order valence-corrected chi connectivity index (χ2v) is 6.07. The van der Waals surface area contributed by atoms with E-state index in [0.717, 1.165) is 12.2 Å². The van der Waals surface area contributed by atoms with Crippen molar-refractivity contribution in [2.45, 2.75) is 43.8 Å². The third-order valence-electron chi connectivity index (χ3n) is 3.16. The molecule has 112 valence electrons. The normalized spacial score (nSPS) is 14.0. The molecule has 0 radical (unpaired) electrons. The molecule has 2 atom stereocenters. The van der Waals surface area contributed by atoms with Crippen LogP contribution in [0.1, 0.15) is 25.3 Å². The summed E-state index contributed by atoms with van der Waals surface area (Å²) in [6, 6.07) is 8.46. The molecular formula is C16H24O3S. The zero-order valence-corrected chi connectivity index (χ0v) is 13.5. The maximum atomic E-state index is 11.2. The molecule has 1 aromatic rings. The highest BCUT2D eigenvalue weighted by molar-refractivity contribution is 7.99. The number of thioether (sulfide) groups is 1. The Hall–Kier alpha value is -0.840. The molecule has 0 saturated carbocycles. The molecule has 0 N–H and O–H groups in total. The van der Waals surface area contributed by atoms with E-state index in [2.05, 4.69) is 31.2 Å². The Morgan fingerprint density at radius 2 is 1.75 bits per heavy atom. The minimum atomic E-state index is -0.0592. The van der Waals surface area contributed by atoms with Crippen molar-refractivity contribution in [2.24, 2.45) is 0 Å². The Labute approximate surface area is 126 Å². The van der Waals surface area contributed by atoms with E-state index in [1.54, 1.807) is 32.9 Å². The number of aryl methyl sites for hydroxylation is 1. The van der Waals surface area contributed by atoms with E-state index >= 15 is 0 Å². The van der Waals surface area contributed by atoms with Crippen LogP contribution in [0.25, 0.3) is 0 Å². The third-order valence-corrected chi connectivity index (χ3v) is 4.31. The fourth-order valence-corrected chi connectivity index (χ4v) is 2.91. The molecular weight excluding hydrogens is 272 g/mol. The number of ketones is 1. The summed E-state index contributed by atoms with van der Waals surface area (Å²) in [6.45, 7) is 3.67. The highest BCUT2D eigenvalue weighted by Crippen LogP contribution is 2.22. The average Bonchev–Trinajstić information content (AvgIpc) is 2.43. The van der Waals surface area contributed by atoms with Crippen LogP contribution in [0.4, 0.5) is 0 Å². The summed E-state index contributed by atoms with van der Waals surface area (Å²) in [5.74, 6) is 1.01. The predicted molar refractivity (Wildman–Crippen MR) is 83.4 cm³/mol. The minimum Gasteiger partial charge on any atom is -0.381 e. The first-order valence-electron chi connectivity index (χ1n) is 6.79. The molecule has 20 heavy (non-hydrogen) atoms. The lowest BCUT2D eigenvalue weighted by atomic mass is 10.1. The summed E-state index contributed by atoms with van der Waals surface area (Å²) in [5, 5.41) is 0. The molecule has 0 aliphatic heterocycles. The first-order valence-corrected chi connectivity index (χ1v) is 7.78. The molecule has 0 saturated heterocycles. The lowest BCUT2D eigenvalue weighted by molar-refractivity contribution is -0.119. The van der Waals surface area contributed by atoms with Crippen LogP contribution in [0.5, 0.6) is 0 Å². The van der Waals surface area contributed by atoms with Crippen LogP contribution in [-0.4, -0.2) is 38.0 Å². The molecule has 0 bridgehead atoms. The molecule has 3 nitrogen and oxygen atoms in total. The van der Waals surface area contributed by atoms with Gasteiger partial charge in [0.1, 0.15) is 5.78 Å². The molecule has 0 amide bonds. The maximum absolute atomic E-state index is 11.2. The Kier molecular flexibility index (Phi) is 7.88. The van der Waals surface area contributed by atoms with Crippen LogP contribution in [0.3, 0.4) is 0 Å². The van der Waals surface area contributed by atoms with Crippen LogP contribution in [0.2, 0.25) is 0 Å². The molecule has 4 heteroatoms. The summed E-state index contributed by atoms with van der Waals surface area (Å²) in [6.07, 6.45) is 1.22. The van der Waals surface area contributed by atoms with Crippen molar-refractivity contribution in [1.82, 2.24) is 0 Å². The van der Waals surface area contributed by atoms with Gasteiger partial charge < -0.3 is 9.47 Å². The number of rotatable bonds is 9. The average molecular weight is 296 g/mol. The Balaban J connectivity index is 2.45. The van der Waals surface area contributed by atoms with Crippen molar-refractivity contribution in [3.8, 4) is 0 Å². The number of hydrogen-bond donors (Lipinski definition) is 0. The van der Waals surface area contributed by atoms with Gasteiger partial charge in [-0.2, -0.15) is 0 Å². The molecule has 1 rings (SSSR count). The molecule has 0 fully saturated rings. The molecule has 0 aliphatic carbocycles. The number of benzene rings is 1. The number of hydrogen-bond acceptors (Lipinski definition) is 4. The number of Topliss-reactive ketones (excluding diaryl/α,β-unsaturated/α-hetero) is 1. The molecule has 2 unspecified atom stereocenters. The summed E-state index contributed by atoms with van der Waals surface area (Å²) in [7, 11) is 3.36. The number of methoxy groups -OCH3 is 2. The zero-order valence-electron chi connectivity index (χ0n) is 12.7. The van der Waals surface area contributed by atoms with E-state index in [9.17, 15) is 4.79 Å². The fraction of sp³-hybridized carbons (Fsp3) is 0.562. The van der Waals surface area contributed by atoms with E-state index in [-0.39, 0.29) is 18.0 Å². The van der Waals surface area contributed by atoms with Gasteiger partial charge in [0.2, 0.25) is 0 Å². The number of carbonyl (C=O) groups excluding carboxylic acids is 1. The quantitative estimate of drug-likeness (QED) is 0.654. The monoisotopic (exact) mass is 296 g/mol. The lowest BCUT2D eigenvalue weighted by Crippen LogP contribution is -2.25. The first kappa shape index (κ1) is 17.2. The second-order valence-electron chi connectivity index (χ2n) is 4.98. The van der Waals surface area contributed by atoms with Gasteiger partial charge in [-0.1, -0.05) is 17.7 Å². The number of ether oxygens (including phenoxy) is 2. The van der Waals surface area contributed by atoms with E-state index < -0.39 is 0 Å². The van der Waals surface area contributed by atoms with E-state index in [1.165, 1.54) is 10.5 Å². The fourth-order valence-electron chi connectivity index (χ4n) is 1.93. The smallest absolute Gasteiger partial charge is 0.132 e. The lowest BCUT2D eigenvalue weighted by Gasteiger charge is -2.20. The molecule has 1 aromatic carbocycles. The van der Waals surface area contributed by atoms with Gasteiger partial charge in [-0.3, -0.25) is 4.79 Å². The maximum Gasteiger partial charge on any atom is 0.132 e. The van der Waals surface area contributed by atoms with Gasteiger partial charge in [0, 0.05) is 37.7 Å². The van der Waals surface area contributed by atoms with Crippen molar-refractivity contribution in [3.05, 3.63) is 29.8 Å². The van der Waals surface area contributed by atoms with Crippen LogP contribution in [0.15, 0.2) is 29.2 Å². The SMILES string of the molecule is COC(CSc1ccc(C)cc1)CC(CC(C)=O)OC. The molecule has 0 aromatic heterocycles. The van der Waals surface area contributed by atoms with Crippen LogP contribution in [-0.2, 0) is 14.3 Å². The van der Waals surface area contributed by atoms with Gasteiger partial charge in [0.15, 0.2) is 0 Å². The third kappa shape index (κ3) is 6.55. The van der Waals surface area contributed by atoms with Crippen LogP contribution in [0, 0.1) is 6.92 Å². The summed E-state index contributed by atoms with van der Waals surface area (Å²) in [5.41, 5.74) is 1.26. The second kappa shape index (κ2) is 9.16. The summed E-state index contributed by atoms with van der Waals surface area (Å²) < 4.78 is 10.8. The topological polar surface area (TPSA) is 35.5 Å². The molecule has 0 aliphatic rings. The standard InChI is InChI=1S/C16H24O3S/c1-12-5-7-16(8-6-12)20-11-15(19-4)10-14(18-3)9-13(2)17/h5-8,14-15H,9-11H2,1-4H3. The zero-order chi connectivity index (χ0) is 15.0. The summed E-state index contributed by atoms with van der Waals surface area (Å²) >= 11 is 1.77. The van der Waals surface area contributed by atoms with E-state index in [1.807, 2.05) is 0 Å². The van der Waals surface area contributed by atoms with Gasteiger partial charge in [-0.15, -0.1) is 11.8 Å². The Morgan fingerprint density at radius 3 is 2.25 bits per heavy atom. The van der Waals surface area contributed by atoms with Gasteiger partial charge in [0.05, 0.1) is 12.2 Å². The van der Waals surface area contributed by atoms with Crippen molar-refractivity contribution < 1.29 is 14.3 Å². The largest absolute Gasteiger partial charge is 0.381 e. The van der Waals surface area contributed by atoms with Crippen molar-refractivity contribution >= 4 is 17.5 Å². The Bertz CT molecular complexity index is 403. The van der Waals surface area contributed by atoms with Crippen LogP contribution >= 0.6 is 11.8 Å². The molecule has 0 heterocycles. The highest BCUT2D eigenvalue weighted by atomic mass is 32.2. The Morgan fingerprint density at radius 1 is 1.15 bits per heavy atom. The summed E-state index contributed by atoms with van der Waals surface area (Å²) in [4.78, 5) is 12.4. The highest BCUT2D eigenvalue weighted by Gasteiger charge is 2.17. The first-order chi connectivity index (χ1) is 9.55. The van der Waals surface area contributed by atoms with Crippen molar-refractivity contribution in [1.29, 1.82) is 0 Å². The van der Waals surface area contributed by atoms with Gasteiger partial charge in [-0.05, 0) is 26.0 Å². The van der Waals surface area contributed by atoms with Gasteiger partial charge in [0.25, 0.3) is 0 Å². The van der Waals surface area contributed by atoms with E-state index in [0.29, 0.717) is 6.42 Å². The van der Waals surface area contributed by atoms with Crippen molar-refractivity contribution in [3.63, 3.8) is 0 Å². The van der Waals surface area contributed by atoms with Crippen LogP contribution < -0.4 is 0 Å². The molecule has 0 spiro atoms. The number of carbonyl (C=O) groups is 1. The predicted octanol–water partition coefficient (Wildman–Crippen LogP) is 3.49. The van der Waals surface area contributed by atoms with Gasteiger partial charge in [-0.25, -0.2) is 0 Å². The van der Waals surface area contributed by atoms with Gasteiger partial charge >= 0.3 is 0 Å². The minimum absolute atomic E-state index is 0.0592. The van der Waals surface area contributed by atoms with E-state index in [4.69, 9.17) is 9.47 Å².